The van der Waals surface area contributed by atoms with Crippen molar-refractivity contribution in [1.82, 2.24) is 15.5 Å². The van der Waals surface area contributed by atoms with E-state index in [1.807, 2.05) is 73.3 Å². The summed E-state index contributed by atoms with van der Waals surface area (Å²) < 4.78 is 33.4. The van der Waals surface area contributed by atoms with Crippen molar-refractivity contribution in [3.05, 3.63) is 101 Å². The fourth-order valence-corrected chi connectivity index (χ4v) is 5.95. The Hall–Kier alpha value is -3.82. The van der Waals surface area contributed by atoms with Crippen LogP contribution in [-0.2, 0) is 22.6 Å². The largest absolute Gasteiger partial charge is 0.497 e. The Morgan fingerprint density at radius 2 is 1.59 bits per heavy atom. The summed E-state index contributed by atoms with van der Waals surface area (Å²) in [6.45, 7) is 5.81. The Bertz CT molecular complexity index is 1360. The fourth-order valence-electron chi connectivity index (χ4n) is 5.95. The highest BCUT2D eigenvalue weighted by molar-refractivity contribution is 5.95. The Balaban J connectivity index is 1.53. The van der Waals surface area contributed by atoms with Crippen LogP contribution in [0.1, 0.15) is 49.3 Å². The minimum absolute atomic E-state index is 0.00155. The molecule has 7 nitrogen and oxygen atoms in total. The second-order valence-corrected chi connectivity index (χ2v) is 11.5. The molecular weight excluding hydrogens is 564 g/mol. The Morgan fingerprint density at radius 3 is 2.23 bits per heavy atom. The Labute approximate surface area is 258 Å². The highest BCUT2D eigenvalue weighted by atomic mass is 19.1. The Kier molecular flexibility index (Phi) is 11.9. The maximum Gasteiger partial charge on any atom is 0.227 e. The number of ether oxygens (including phenoxy) is 1. The molecule has 1 aliphatic carbocycles. The minimum atomic E-state index is -1.09. The summed E-state index contributed by atoms with van der Waals surface area (Å²) in [5.41, 5.74) is 2.15. The number of hydrogen-bond acceptors (Lipinski definition) is 5. The molecule has 5 atom stereocenters. The number of amides is 2. The zero-order valence-electron chi connectivity index (χ0n) is 25.6. The van der Waals surface area contributed by atoms with Gasteiger partial charge >= 0.3 is 0 Å². The second-order valence-electron chi connectivity index (χ2n) is 11.5. The summed E-state index contributed by atoms with van der Waals surface area (Å²) in [5.74, 6) is -2.61. The molecule has 0 bridgehead atoms. The van der Waals surface area contributed by atoms with Crippen LogP contribution in [0.15, 0.2) is 72.8 Å². The average molecular weight is 608 g/mol. The molecule has 0 aliphatic heterocycles. The smallest absolute Gasteiger partial charge is 0.227 e. The summed E-state index contributed by atoms with van der Waals surface area (Å²) in [5, 5.41) is 17.4. The molecule has 9 heteroatoms. The first-order valence-electron chi connectivity index (χ1n) is 15.4. The number of rotatable bonds is 16. The van der Waals surface area contributed by atoms with Gasteiger partial charge in [-0.05, 0) is 60.2 Å². The molecule has 3 aromatic rings. The van der Waals surface area contributed by atoms with E-state index in [1.54, 1.807) is 7.11 Å². The molecule has 4 rings (SSSR count). The third-order valence-corrected chi connectivity index (χ3v) is 8.08. The van der Waals surface area contributed by atoms with Gasteiger partial charge in [0.05, 0.1) is 31.1 Å². The van der Waals surface area contributed by atoms with Gasteiger partial charge in [-0.3, -0.25) is 9.59 Å². The first-order chi connectivity index (χ1) is 21.2. The van der Waals surface area contributed by atoms with E-state index < -0.39 is 35.6 Å². The van der Waals surface area contributed by atoms with Gasteiger partial charge in [0.15, 0.2) is 0 Å². The minimum Gasteiger partial charge on any atom is -0.497 e. The number of aliphatic hydroxyl groups is 1. The zero-order valence-corrected chi connectivity index (χ0v) is 25.6. The third kappa shape index (κ3) is 8.64. The molecule has 0 heterocycles. The molecule has 0 spiro atoms. The van der Waals surface area contributed by atoms with Gasteiger partial charge in [-0.15, -0.1) is 0 Å². The molecule has 0 saturated heterocycles. The number of carbonyl (C=O) groups excluding carboxylic acids is 2. The van der Waals surface area contributed by atoms with Crippen molar-refractivity contribution in [2.24, 2.45) is 11.8 Å². The molecule has 0 radical (unpaired) electrons. The summed E-state index contributed by atoms with van der Waals surface area (Å²) in [6, 6.07) is 19.3. The molecule has 2 amide bonds. The zero-order chi connectivity index (χ0) is 31.6. The van der Waals surface area contributed by atoms with Gasteiger partial charge in [0.1, 0.15) is 17.4 Å². The summed E-state index contributed by atoms with van der Waals surface area (Å²) in [4.78, 5) is 29.4. The van der Waals surface area contributed by atoms with Crippen molar-refractivity contribution in [2.45, 2.75) is 57.7 Å². The van der Waals surface area contributed by atoms with Crippen LogP contribution in [0.4, 0.5) is 8.78 Å². The van der Waals surface area contributed by atoms with Crippen molar-refractivity contribution in [1.29, 1.82) is 0 Å². The topological polar surface area (TPSA) is 90.9 Å². The van der Waals surface area contributed by atoms with Crippen LogP contribution in [-0.4, -0.2) is 60.7 Å². The van der Waals surface area contributed by atoms with Gasteiger partial charge in [0, 0.05) is 38.2 Å². The van der Waals surface area contributed by atoms with Crippen LogP contribution < -0.4 is 15.4 Å². The molecule has 1 fully saturated rings. The van der Waals surface area contributed by atoms with Crippen LogP contribution in [0.5, 0.6) is 5.75 Å². The van der Waals surface area contributed by atoms with Crippen LogP contribution >= 0.6 is 0 Å². The standard InChI is InChI=1S/C35H43F2N3O4/c1-4-14-40(15-5-2)35(43)33-31(25-11-7-6-8-12-25)32(33)34(42)39-29(19-24-16-26(36)20-27(37)17-24)30(41)22-38-21-23-10-9-13-28(18-23)44-3/h6-13,16-18,20,29-33,38,41H,4-5,14-15,19,21-22H2,1-3H3,(H,39,42)/t29-,30+,31+,32+,33+/m0/s1. The molecule has 1 saturated carbocycles. The maximum absolute atomic E-state index is 14.1. The number of aliphatic hydroxyl groups excluding tert-OH is 1. The molecule has 3 aromatic carbocycles. The first kappa shape index (κ1) is 33.1. The number of methoxy groups -OCH3 is 1. The lowest BCUT2D eigenvalue weighted by atomic mass is 10.00. The van der Waals surface area contributed by atoms with E-state index in [0.29, 0.717) is 30.9 Å². The number of nitrogens with one attached hydrogen (secondary N) is 2. The van der Waals surface area contributed by atoms with Gasteiger partial charge in [0.2, 0.25) is 11.8 Å². The van der Waals surface area contributed by atoms with Crippen molar-refractivity contribution >= 4 is 11.8 Å². The maximum atomic E-state index is 14.1. The second kappa shape index (κ2) is 15.8. The molecule has 0 unspecified atom stereocenters. The van der Waals surface area contributed by atoms with Crippen LogP contribution in [0.25, 0.3) is 0 Å². The van der Waals surface area contributed by atoms with Gasteiger partial charge in [-0.2, -0.15) is 0 Å². The molecular formula is C35H43F2N3O4. The number of carbonyl (C=O) groups is 2. The van der Waals surface area contributed by atoms with Crippen LogP contribution in [0, 0.1) is 23.5 Å². The number of hydrogen-bond donors (Lipinski definition) is 3. The van der Waals surface area contributed by atoms with Gasteiger partial charge in [-0.25, -0.2) is 8.78 Å². The highest BCUT2D eigenvalue weighted by Crippen LogP contribution is 2.55. The van der Waals surface area contributed by atoms with Crippen LogP contribution in [0.2, 0.25) is 0 Å². The lowest BCUT2D eigenvalue weighted by Crippen LogP contribution is -2.49. The van der Waals surface area contributed by atoms with E-state index >= 15 is 0 Å². The normalized spacial score (nSPS) is 18.7. The van der Waals surface area contributed by atoms with Gasteiger partial charge in [0.25, 0.3) is 0 Å². The Morgan fingerprint density at radius 1 is 0.909 bits per heavy atom. The number of benzene rings is 3. The first-order valence-corrected chi connectivity index (χ1v) is 15.4. The molecule has 3 N–H and O–H groups in total. The van der Waals surface area contributed by atoms with Crippen molar-refractivity contribution < 1.29 is 28.2 Å². The monoisotopic (exact) mass is 607 g/mol. The van der Waals surface area contributed by atoms with E-state index in [4.69, 9.17) is 4.74 Å². The van der Waals surface area contributed by atoms with Gasteiger partial charge < -0.3 is 25.4 Å². The fraction of sp³-hybridized carbons (Fsp3) is 0.429. The lowest BCUT2D eigenvalue weighted by molar-refractivity contribution is -0.135. The quantitative estimate of drug-likeness (QED) is 0.217. The molecule has 44 heavy (non-hydrogen) atoms. The SMILES string of the molecule is CCCN(CCC)C(=O)[C@H]1[C@H](C(=O)N[C@@H](Cc2cc(F)cc(F)c2)[C@H](O)CNCc2cccc(OC)c2)[C@H]1c1ccccc1. The number of nitrogens with zero attached hydrogens (tertiary/aromatic N) is 1. The third-order valence-electron chi connectivity index (χ3n) is 8.08. The summed E-state index contributed by atoms with van der Waals surface area (Å²) in [7, 11) is 1.59. The lowest BCUT2D eigenvalue weighted by Gasteiger charge is -2.25. The predicted octanol–water partition coefficient (Wildman–Crippen LogP) is 4.83. The van der Waals surface area contributed by atoms with E-state index in [0.717, 1.165) is 30.0 Å². The average Bonchev–Trinajstić information content (AvgIpc) is 3.76. The van der Waals surface area contributed by atoms with Crippen LogP contribution in [0.3, 0.4) is 0 Å². The van der Waals surface area contributed by atoms with E-state index in [9.17, 15) is 23.5 Å². The van der Waals surface area contributed by atoms with Crippen molar-refractivity contribution in [3.63, 3.8) is 0 Å². The van der Waals surface area contributed by atoms with E-state index in [-0.39, 0.29) is 30.7 Å². The van der Waals surface area contributed by atoms with Crippen molar-refractivity contribution in [3.8, 4) is 5.75 Å². The summed E-state index contributed by atoms with van der Waals surface area (Å²) in [6.07, 6.45) is 0.538. The number of halogens is 2. The van der Waals surface area contributed by atoms with Crippen molar-refractivity contribution in [2.75, 3.05) is 26.7 Å². The molecule has 236 valence electrons. The molecule has 1 aliphatic rings. The van der Waals surface area contributed by atoms with E-state index in [2.05, 4.69) is 10.6 Å². The molecule has 0 aromatic heterocycles. The predicted molar refractivity (Wildman–Crippen MR) is 166 cm³/mol. The van der Waals surface area contributed by atoms with E-state index in [1.165, 1.54) is 12.1 Å². The van der Waals surface area contributed by atoms with Gasteiger partial charge in [-0.1, -0.05) is 56.3 Å². The highest BCUT2D eigenvalue weighted by Gasteiger charge is 2.60. The summed E-state index contributed by atoms with van der Waals surface area (Å²) >= 11 is 0.